The predicted octanol–water partition coefficient (Wildman–Crippen LogP) is 2.94. The summed E-state index contributed by atoms with van der Waals surface area (Å²) in [6, 6.07) is 16.8. The minimum absolute atomic E-state index is 0.0721. The fraction of sp³-hybridized carbons (Fsp3) is 0.200. The zero-order chi connectivity index (χ0) is 12.1. The van der Waals surface area contributed by atoms with Gasteiger partial charge in [0.25, 0.3) is 0 Å². The van der Waals surface area contributed by atoms with Gasteiger partial charge in [0.05, 0.1) is 0 Å². The van der Waals surface area contributed by atoms with Crippen LogP contribution in [0, 0.1) is 5.82 Å². The van der Waals surface area contributed by atoms with Gasteiger partial charge < -0.3 is 5.73 Å². The highest BCUT2D eigenvalue weighted by Gasteiger charge is 2.05. The minimum atomic E-state index is -0.203. The number of hydrogen-bond donors (Lipinski definition) is 1. The molecular weight excluding hydrogens is 213 g/mol. The largest absolute Gasteiger partial charge is 0.327 e. The molecule has 0 radical (unpaired) electrons. The van der Waals surface area contributed by atoms with Gasteiger partial charge in [-0.15, -0.1) is 0 Å². The van der Waals surface area contributed by atoms with Crippen LogP contribution in [-0.2, 0) is 12.8 Å². The molecule has 0 bridgehead atoms. The zero-order valence-corrected chi connectivity index (χ0v) is 9.64. The van der Waals surface area contributed by atoms with E-state index in [9.17, 15) is 4.39 Å². The molecule has 0 saturated heterocycles. The van der Waals surface area contributed by atoms with Gasteiger partial charge in [0, 0.05) is 6.04 Å². The molecule has 0 aliphatic rings. The van der Waals surface area contributed by atoms with E-state index in [1.165, 1.54) is 17.7 Å². The topological polar surface area (TPSA) is 26.0 Å². The number of benzene rings is 2. The summed E-state index contributed by atoms with van der Waals surface area (Å²) in [4.78, 5) is 0. The first-order valence-electron chi connectivity index (χ1n) is 5.78. The molecule has 2 N–H and O–H groups in total. The highest BCUT2D eigenvalue weighted by molar-refractivity contribution is 5.20. The van der Waals surface area contributed by atoms with E-state index in [0.29, 0.717) is 0 Å². The van der Waals surface area contributed by atoms with Gasteiger partial charge in [-0.25, -0.2) is 4.39 Å². The van der Waals surface area contributed by atoms with Crippen LogP contribution in [0.3, 0.4) is 0 Å². The third-order valence-corrected chi connectivity index (χ3v) is 2.75. The zero-order valence-electron chi connectivity index (χ0n) is 9.64. The molecule has 0 aromatic heterocycles. The van der Waals surface area contributed by atoms with E-state index in [0.717, 1.165) is 18.4 Å². The first kappa shape index (κ1) is 11.8. The second kappa shape index (κ2) is 5.60. The Kier molecular flexibility index (Phi) is 3.89. The van der Waals surface area contributed by atoms with Gasteiger partial charge in [-0.1, -0.05) is 42.5 Å². The second-order valence-electron chi connectivity index (χ2n) is 4.28. The van der Waals surface area contributed by atoms with Gasteiger partial charge in [0.15, 0.2) is 0 Å². The molecule has 2 aromatic carbocycles. The third-order valence-electron chi connectivity index (χ3n) is 2.75. The summed E-state index contributed by atoms with van der Waals surface area (Å²) in [6.45, 7) is 0. The van der Waals surface area contributed by atoms with Crippen molar-refractivity contribution in [3.63, 3.8) is 0 Å². The van der Waals surface area contributed by atoms with Gasteiger partial charge >= 0.3 is 0 Å². The summed E-state index contributed by atoms with van der Waals surface area (Å²) in [5, 5.41) is 0. The van der Waals surface area contributed by atoms with Crippen molar-refractivity contribution in [3.05, 3.63) is 71.5 Å². The molecule has 0 heterocycles. The number of rotatable bonds is 4. The number of halogens is 1. The fourth-order valence-electron chi connectivity index (χ4n) is 1.91. The molecule has 2 heteroatoms. The maximum Gasteiger partial charge on any atom is 0.123 e. The molecule has 0 spiro atoms. The predicted molar refractivity (Wildman–Crippen MR) is 68.2 cm³/mol. The van der Waals surface area contributed by atoms with Crippen LogP contribution in [0.2, 0.25) is 0 Å². The summed E-state index contributed by atoms with van der Waals surface area (Å²) in [6.07, 6.45) is 1.62. The van der Waals surface area contributed by atoms with Crippen molar-refractivity contribution in [1.82, 2.24) is 0 Å². The molecule has 0 aliphatic heterocycles. The lowest BCUT2D eigenvalue weighted by atomic mass is 10.00. The second-order valence-corrected chi connectivity index (χ2v) is 4.28. The molecule has 0 amide bonds. The Morgan fingerprint density at radius 3 is 1.94 bits per heavy atom. The summed E-state index contributed by atoms with van der Waals surface area (Å²) < 4.78 is 12.7. The van der Waals surface area contributed by atoms with Crippen molar-refractivity contribution in [3.8, 4) is 0 Å². The van der Waals surface area contributed by atoms with Crippen LogP contribution in [0.5, 0.6) is 0 Å². The Morgan fingerprint density at radius 1 is 0.824 bits per heavy atom. The first-order valence-corrected chi connectivity index (χ1v) is 5.78. The highest BCUT2D eigenvalue weighted by Crippen LogP contribution is 2.08. The van der Waals surface area contributed by atoms with Gasteiger partial charge in [-0.05, 0) is 36.1 Å². The van der Waals surface area contributed by atoms with E-state index < -0.39 is 0 Å². The molecule has 0 aliphatic carbocycles. The van der Waals surface area contributed by atoms with E-state index in [1.807, 2.05) is 18.2 Å². The Bertz CT molecular complexity index is 450. The van der Waals surface area contributed by atoms with E-state index in [1.54, 1.807) is 12.1 Å². The van der Waals surface area contributed by atoms with Crippen molar-refractivity contribution in [2.45, 2.75) is 18.9 Å². The van der Waals surface area contributed by atoms with E-state index >= 15 is 0 Å². The van der Waals surface area contributed by atoms with Crippen molar-refractivity contribution < 1.29 is 4.39 Å². The van der Waals surface area contributed by atoms with Crippen molar-refractivity contribution >= 4 is 0 Å². The SMILES string of the molecule is N[C@@H](Cc1ccccc1)Cc1ccc(F)cc1. The fourth-order valence-corrected chi connectivity index (χ4v) is 1.91. The van der Waals surface area contributed by atoms with Crippen LogP contribution in [0.4, 0.5) is 4.39 Å². The number of nitrogens with two attached hydrogens (primary N) is 1. The first-order chi connectivity index (χ1) is 8.24. The van der Waals surface area contributed by atoms with Crippen LogP contribution in [0.25, 0.3) is 0 Å². The summed E-state index contributed by atoms with van der Waals surface area (Å²) in [5.41, 5.74) is 8.40. The van der Waals surface area contributed by atoms with Crippen LogP contribution in [0.1, 0.15) is 11.1 Å². The molecule has 88 valence electrons. The van der Waals surface area contributed by atoms with Crippen LogP contribution in [0.15, 0.2) is 54.6 Å². The van der Waals surface area contributed by atoms with Crippen molar-refractivity contribution in [2.75, 3.05) is 0 Å². The summed E-state index contributed by atoms with van der Waals surface area (Å²) in [7, 11) is 0. The van der Waals surface area contributed by atoms with Crippen LogP contribution in [-0.4, -0.2) is 6.04 Å². The molecule has 0 fully saturated rings. The molecular formula is C15H16FN. The Morgan fingerprint density at radius 2 is 1.35 bits per heavy atom. The van der Waals surface area contributed by atoms with Crippen LogP contribution < -0.4 is 5.73 Å². The third kappa shape index (κ3) is 3.68. The van der Waals surface area contributed by atoms with Gasteiger partial charge in [0.1, 0.15) is 5.82 Å². The minimum Gasteiger partial charge on any atom is -0.327 e. The molecule has 0 unspecified atom stereocenters. The maximum absolute atomic E-state index is 12.7. The van der Waals surface area contributed by atoms with Crippen LogP contribution >= 0.6 is 0 Å². The van der Waals surface area contributed by atoms with Crippen molar-refractivity contribution in [1.29, 1.82) is 0 Å². The van der Waals surface area contributed by atoms with Gasteiger partial charge in [0.2, 0.25) is 0 Å². The molecule has 17 heavy (non-hydrogen) atoms. The molecule has 1 nitrogen and oxygen atoms in total. The normalized spacial score (nSPS) is 12.4. The standard InChI is InChI=1S/C15H16FN/c16-14-8-6-13(7-9-14)11-15(17)10-12-4-2-1-3-5-12/h1-9,15H,10-11,17H2/t15-/m0/s1. The van der Waals surface area contributed by atoms with E-state index in [-0.39, 0.29) is 11.9 Å². The van der Waals surface area contributed by atoms with E-state index in [4.69, 9.17) is 5.73 Å². The highest BCUT2D eigenvalue weighted by atomic mass is 19.1. The number of hydrogen-bond acceptors (Lipinski definition) is 1. The smallest absolute Gasteiger partial charge is 0.123 e. The Balaban J connectivity index is 1.93. The lowest BCUT2D eigenvalue weighted by Crippen LogP contribution is -2.25. The average Bonchev–Trinajstić information content (AvgIpc) is 2.33. The van der Waals surface area contributed by atoms with Crippen molar-refractivity contribution in [2.24, 2.45) is 5.73 Å². The average molecular weight is 229 g/mol. The Hall–Kier alpha value is -1.67. The molecule has 2 aromatic rings. The summed E-state index contributed by atoms with van der Waals surface area (Å²) in [5.74, 6) is -0.203. The maximum atomic E-state index is 12.7. The van der Waals surface area contributed by atoms with E-state index in [2.05, 4.69) is 12.1 Å². The molecule has 0 saturated carbocycles. The Labute approximate surface area is 101 Å². The quantitative estimate of drug-likeness (QED) is 0.857. The molecule has 2 rings (SSSR count). The lowest BCUT2D eigenvalue weighted by molar-refractivity contribution is 0.623. The monoisotopic (exact) mass is 229 g/mol. The van der Waals surface area contributed by atoms with Gasteiger partial charge in [-0.2, -0.15) is 0 Å². The van der Waals surface area contributed by atoms with Gasteiger partial charge in [-0.3, -0.25) is 0 Å². The lowest BCUT2D eigenvalue weighted by Gasteiger charge is -2.11. The molecule has 1 atom stereocenters. The summed E-state index contributed by atoms with van der Waals surface area (Å²) >= 11 is 0.